The molecule has 126 valence electrons. The maximum atomic E-state index is 12.4. The summed E-state index contributed by atoms with van der Waals surface area (Å²) in [5, 5.41) is 3.97. The second-order valence-electron chi connectivity index (χ2n) is 5.50. The van der Waals surface area contributed by atoms with Crippen molar-refractivity contribution in [3.63, 3.8) is 0 Å². The first-order valence-corrected chi connectivity index (χ1v) is 8.57. The van der Waals surface area contributed by atoms with Crippen molar-refractivity contribution >= 4 is 23.5 Å². The van der Waals surface area contributed by atoms with Gasteiger partial charge in [-0.25, -0.2) is 0 Å². The number of guanidine groups is 1. The van der Waals surface area contributed by atoms with Crippen molar-refractivity contribution < 1.29 is 4.79 Å². The van der Waals surface area contributed by atoms with Crippen molar-refractivity contribution in [3.8, 4) is 0 Å². The molecule has 1 aromatic rings. The Labute approximate surface area is 143 Å². The van der Waals surface area contributed by atoms with Crippen LogP contribution in [0.1, 0.15) is 19.4 Å². The predicted molar refractivity (Wildman–Crippen MR) is 95.0 cm³/mol. The third-order valence-corrected chi connectivity index (χ3v) is 4.05. The average molecular weight is 337 g/mol. The van der Waals surface area contributed by atoms with Gasteiger partial charge in [0.15, 0.2) is 5.96 Å². The fourth-order valence-corrected chi connectivity index (χ4v) is 2.89. The molecule has 2 rings (SSSR count). The molecule has 0 spiro atoms. The zero-order chi connectivity index (χ0) is 16.7. The molecule has 1 fully saturated rings. The van der Waals surface area contributed by atoms with E-state index in [-0.39, 0.29) is 5.91 Å². The smallest absolute Gasteiger partial charge is 0.227 e. The van der Waals surface area contributed by atoms with Crippen LogP contribution in [0.5, 0.6) is 0 Å². The maximum absolute atomic E-state index is 12.4. The quantitative estimate of drug-likeness (QED) is 0.676. The minimum atomic E-state index is 0.157. The van der Waals surface area contributed by atoms with E-state index < -0.39 is 0 Å². The van der Waals surface area contributed by atoms with Gasteiger partial charge in [-0.2, -0.15) is 0 Å². The van der Waals surface area contributed by atoms with Gasteiger partial charge in [0, 0.05) is 44.3 Å². The first-order chi connectivity index (χ1) is 11.1. The Morgan fingerprint density at radius 2 is 1.91 bits per heavy atom. The Morgan fingerprint density at radius 3 is 2.52 bits per heavy atom. The first kappa shape index (κ1) is 17.6. The summed E-state index contributed by atoms with van der Waals surface area (Å²) in [7, 11) is 0. The summed E-state index contributed by atoms with van der Waals surface area (Å²) in [6, 6.07) is 7.50. The van der Waals surface area contributed by atoms with E-state index in [1.807, 2.05) is 36.1 Å². The number of hydrogen-bond acceptors (Lipinski definition) is 2. The number of piperazine rings is 1. The van der Waals surface area contributed by atoms with E-state index in [1.54, 1.807) is 0 Å². The van der Waals surface area contributed by atoms with Crippen LogP contribution in [0.15, 0.2) is 29.3 Å². The summed E-state index contributed by atoms with van der Waals surface area (Å²) >= 11 is 5.98. The number of hydrogen-bond donors (Lipinski definition) is 1. The molecule has 0 saturated carbocycles. The van der Waals surface area contributed by atoms with Crippen LogP contribution in [-0.2, 0) is 11.2 Å². The van der Waals surface area contributed by atoms with Gasteiger partial charge in [-0.05, 0) is 31.5 Å². The Balaban J connectivity index is 1.88. The van der Waals surface area contributed by atoms with Gasteiger partial charge in [0.2, 0.25) is 5.91 Å². The number of nitrogens with zero attached hydrogens (tertiary/aromatic N) is 3. The van der Waals surface area contributed by atoms with Crippen molar-refractivity contribution in [2.75, 3.05) is 39.3 Å². The second-order valence-corrected chi connectivity index (χ2v) is 5.94. The van der Waals surface area contributed by atoms with Crippen LogP contribution >= 0.6 is 11.6 Å². The minimum Gasteiger partial charge on any atom is -0.357 e. The lowest BCUT2D eigenvalue weighted by Crippen LogP contribution is -2.54. The molecule has 1 aliphatic heterocycles. The first-order valence-electron chi connectivity index (χ1n) is 8.19. The predicted octanol–water partition coefficient (Wildman–Crippen LogP) is 2.01. The van der Waals surface area contributed by atoms with Crippen LogP contribution in [0.25, 0.3) is 0 Å². The molecule has 0 unspecified atom stereocenters. The molecular weight excluding hydrogens is 312 g/mol. The highest BCUT2D eigenvalue weighted by Crippen LogP contribution is 2.13. The molecule has 6 heteroatoms. The lowest BCUT2D eigenvalue weighted by molar-refractivity contribution is -0.131. The van der Waals surface area contributed by atoms with E-state index in [4.69, 9.17) is 11.6 Å². The van der Waals surface area contributed by atoms with Crippen molar-refractivity contribution in [1.29, 1.82) is 0 Å². The summed E-state index contributed by atoms with van der Waals surface area (Å²) < 4.78 is 0. The van der Waals surface area contributed by atoms with Gasteiger partial charge in [-0.1, -0.05) is 23.7 Å². The van der Waals surface area contributed by atoms with E-state index in [0.717, 1.165) is 50.8 Å². The molecule has 5 nitrogen and oxygen atoms in total. The number of carbonyl (C=O) groups excluding carboxylic acids is 1. The molecule has 0 atom stereocenters. The molecule has 0 radical (unpaired) electrons. The number of nitrogens with one attached hydrogen (secondary N) is 1. The number of carbonyl (C=O) groups is 1. The zero-order valence-corrected chi connectivity index (χ0v) is 14.6. The number of rotatable bonds is 4. The van der Waals surface area contributed by atoms with Gasteiger partial charge in [-0.3, -0.25) is 9.79 Å². The normalized spacial score (nSPS) is 15.7. The molecule has 0 bridgehead atoms. The summed E-state index contributed by atoms with van der Waals surface area (Å²) in [6.45, 7) is 8.79. The van der Waals surface area contributed by atoms with E-state index in [9.17, 15) is 4.79 Å². The van der Waals surface area contributed by atoms with Gasteiger partial charge in [0.25, 0.3) is 0 Å². The Kier molecular flexibility index (Phi) is 6.71. The van der Waals surface area contributed by atoms with Gasteiger partial charge in [0.1, 0.15) is 0 Å². The fraction of sp³-hybridized carbons (Fsp3) is 0.529. The molecular formula is C17H25ClN4O. The van der Waals surface area contributed by atoms with Crippen LogP contribution in [-0.4, -0.2) is 60.9 Å². The van der Waals surface area contributed by atoms with E-state index in [2.05, 4.69) is 22.1 Å². The lowest BCUT2D eigenvalue weighted by atomic mass is 10.1. The van der Waals surface area contributed by atoms with E-state index in [0.29, 0.717) is 11.4 Å². The monoisotopic (exact) mass is 336 g/mol. The molecule has 1 aromatic carbocycles. The Bertz CT molecular complexity index is 553. The highest BCUT2D eigenvalue weighted by atomic mass is 35.5. The molecule has 0 aliphatic carbocycles. The van der Waals surface area contributed by atoms with Gasteiger partial charge < -0.3 is 15.1 Å². The minimum absolute atomic E-state index is 0.157. The Hall–Kier alpha value is -1.75. The molecule has 0 aromatic heterocycles. The third kappa shape index (κ3) is 5.13. The third-order valence-electron chi connectivity index (χ3n) is 3.82. The van der Waals surface area contributed by atoms with Gasteiger partial charge >= 0.3 is 0 Å². The highest BCUT2D eigenvalue weighted by Gasteiger charge is 2.22. The SMILES string of the molecule is CCN=C(NCC)N1CCN(C(=O)Cc2cccc(Cl)c2)CC1. The molecule has 1 saturated heterocycles. The highest BCUT2D eigenvalue weighted by molar-refractivity contribution is 6.30. The van der Waals surface area contributed by atoms with Crippen molar-refractivity contribution in [2.45, 2.75) is 20.3 Å². The van der Waals surface area contributed by atoms with E-state index in [1.165, 1.54) is 0 Å². The second kappa shape index (κ2) is 8.77. The standard InChI is InChI=1S/C17H25ClN4O/c1-3-19-17(20-4-2)22-10-8-21(9-11-22)16(23)13-14-6-5-7-15(18)12-14/h5-7,12H,3-4,8-11,13H2,1-2H3,(H,19,20). The van der Waals surface area contributed by atoms with Crippen LogP contribution in [0.4, 0.5) is 0 Å². The van der Waals surface area contributed by atoms with Crippen LogP contribution in [0.2, 0.25) is 5.02 Å². The van der Waals surface area contributed by atoms with E-state index >= 15 is 0 Å². The van der Waals surface area contributed by atoms with Crippen molar-refractivity contribution in [1.82, 2.24) is 15.1 Å². The summed E-state index contributed by atoms with van der Waals surface area (Å²) in [5.74, 6) is 1.10. The lowest BCUT2D eigenvalue weighted by Gasteiger charge is -2.36. The average Bonchev–Trinajstić information content (AvgIpc) is 2.55. The number of aliphatic imine (C=N–C) groups is 1. The molecule has 1 aliphatic rings. The summed E-state index contributed by atoms with van der Waals surface area (Å²) in [4.78, 5) is 21.1. The van der Waals surface area contributed by atoms with Gasteiger partial charge in [-0.15, -0.1) is 0 Å². The topological polar surface area (TPSA) is 47.9 Å². The molecule has 1 N–H and O–H groups in total. The summed E-state index contributed by atoms with van der Waals surface area (Å²) in [6.07, 6.45) is 0.406. The van der Waals surface area contributed by atoms with Crippen molar-refractivity contribution in [3.05, 3.63) is 34.9 Å². The number of benzene rings is 1. The molecule has 1 amide bonds. The van der Waals surface area contributed by atoms with Crippen molar-refractivity contribution in [2.24, 2.45) is 4.99 Å². The van der Waals surface area contributed by atoms with Crippen LogP contribution in [0, 0.1) is 0 Å². The van der Waals surface area contributed by atoms with Crippen LogP contribution < -0.4 is 5.32 Å². The van der Waals surface area contributed by atoms with Gasteiger partial charge in [0.05, 0.1) is 6.42 Å². The molecule has 1 heterocycles. The summed E-state index contributed by atoms with van der Waals surface area (Å²) in [5.41, 5.74) is 0.964. The number of halogens is 1. The van der Waals surface area contributed by atoms with Crippen LogP contribution in [0.3, 0.4) is 0 Å². The zero-order valence-electron chi connectivity index (χ0n) is 13.9. The maximum Gasteiger partial charge on any atom is 0.227 e. The fourth-order valence-electron chi connectivity index (χ4n) is 2.68. The Morgan fingerprint density at radius 1 is 1.22 bits per heavy atom. The largest absolute Gasteiger partial charge is 0.357 e. The molecule has 23 heavy (non-hydrogen) atoms. The number of amides is 1.